The zero-order valence-electron chi connectivity index (χ0n) is 15.4. The largest absolute Gasteiger partial charge is 0.370 e. The molecule has 1 heterocycles. The highest BCUT2D eigenvalue weighted by atomic mass is 35.5. The molecule has 0 bridgehead atoms. The topological polar surface area (TPSA) is 42.8 Å². The number of hydrogen-bond acceptors (Lipinski definition) is 2. The molecule has 2 N–H and O–H groups in total. The lowest BCUT2D eigenvalue weighted by Gasteiger charge is -2.28. The molecule has 2 aromatic carbocycles. The first-order chi connectivity index (χ1) is 13.0. The van der Waals surface area contributed by atoms with E-state index in [9.17, 15) is 4.79 Å². The molecule has 1 atom stereocenters. The first kappa shape index (κ1) is 20.2. The fourth-order valence-corrected chi connectivity index (χ4v) is 3.60. The predicted molar refractivity (Wildman–Crippen MR) is 109 cm³/mol. The number of halogens is 2. The molecule has 0 saturated carbocycles. The van der Waals surface area contributed by atoms with Crippen LogP contribution in [-0.2, 0) is 16.0 Å². The lowest BCUT2D eigenvalue weighted by atomic mass is 10.0. The third-order valence-electron chi connectivity index (χ3n) is 4.86. The average Bonchev–Trinajstić information content (AvgIpc) is 2.66. The van der Waals surface area contributed by atoms with Gasteiger partial charge in [0.25, 0.3) is 0 Å². The van der Waals surface area contributed by atoms with Gasteiger partial charge in [0.2, 0.25) is 5.91 Å². The molecule has 4 nitrogen and oxygen atoms in total. The minimum absolute atomic E-state index is 0.0216. The van der Waals surface area contributed by atoms with Gasteiger partial charge in [-0.15, -0.1) is 0 Å². The molecule has 0 spiro atoms. The van der Waals surface area contributed by atoms with E-state index in [4.69, 9.17) is 27.9 Å². The highest BCUT2D eigenvalue weighted by Crippen LogP contribution is 2.23. The van der Waals surface area contributed by atoms with E-state index < -0.39 is 0 Å². The molecule has 1 aliphatic heterocycles. The number of carbonyl (C=O) groups excluding carboxylic acids is 1. The molecule has 0 radical (unpaired) electrons. The molecule has 1 aliphatic rings. The second kappa shape index (κ2) is 9.56. The van der Waals surface area contributed by atoms with Crippen molar-refractivity contribution in [2.75, 3.05) is 32.8 Å². The summed E-state index contributed by atoms with van der Waals surface area (Å²) >= 11 is 12.0. The molecule has 0 aromatic heterocycles. The minimum atomic E-state index is -0.0334. The van der Waals surface area contributed by atoms with E-state index >= 15 is 0 Å². The van der Waals surface area contributed by atoms with Crippen molar-refractivity contribution in [3.63, 3.8) is 0 Å². The molecular formula is C21H25Cl2N2O2+. The Balaban J connectivity index is 1.70. The quantitative estimate of drug-likeness (QED) is 0.772. The van der Waals surface area contributed by atoms with E-state index in [1.807, 2.05) is 6.07 Å². The first-order valence-corrected chi connectivity index (χ1v) is 9.98. The molecule has 1 saturated heterocycles. The summed E-state index contributed by atoms with van der Waals surface area (Å²) < 4.78 is 5.45. The van der Waals surface area contributed by atoms with Gasteiger partial charge < -0.3 is 15.0 Å². The fraction of sp³-hybridized carbons (Fsp3) is 0.381. The number of rotatable bonds is 6. The number of benzene rings is 2. The van der Waals surface area contributed by atoms with Crippen LogP contribution in [0.15, 0.2) is 42.5 Å². The van der Waals surface area contributed by atoms with Crippen LogP contribution in [0.5, 0.6) is 0 Å². The Labute approximate surface area is 170 Å². The molecular weight excluding hydrogens is 383 g/mol. The maximum Gasteiger partial charge on any atom is 0.225 e. The maximum atomic E-state index is 12.7. The standard InChI is InChI=1S/C21H24Cl2N2O2/c1-15-2-5-17(6-3-15)20(14-25-8-10-27-11-9-25)24-21(26)13-16-4-7-18(22)19(23)12-16/h2-7,12,20H,8-11,13-14H2,1H3,(H,24,26)/p+1/t20-/m1/s1. The van der Waals surface area contributed by atoms with Gasteiger partial charge in [-0.2, -0.15) is 0 Å². The Kier molecular flexibility index (Phi) is 7.13. The van der Waals surface area contributed by atoms with Gasteiger partial charge >= 0.3 is 0 Å². The third kappa shape index (κ3) is 5.94. The van der Waals surface area contributed by atoms with Crippen molar-refractivity contribution >= 4 is 29.1 Å². The Morgan fingerprint density at radius 2 is 1.81 bits per heavy atom. The van der Waals surface area contributed by atoms with E-state index in [1.54, 1.807) is 12.1 Å². The highest BCUT2D eigenvalue weighted by molar-refractivity contribution is 6.42. The van der Waals surface area contributed by atoms with Gasteiger partial charge in [0.1, 0.15) is 25.7 Å². The Morgan fingerprint density at radius 3 is 2.48 bits per heavy atom. The number of carbonyl (C=O) groups is 1. The molecule has 0 aliphatic carbocycles. The summed E-state index contributed by atoms with van der Waals surface area (Å²) in [7, 11) is 0. The van der Waals surface area contributed by atoms with Crippen molar-refractivity contribution < 1.29 is 14.4 Å². The van der Waals surface area contributed by atoms with Gasteiger partial charge in [-0.25, -0.2) is 0 Å². The van der Waals surface area contributed by atoms with Crippen LogP contribution >= 0.6 is 23.2 Å². The zero-order chi connectivity index (χ0) is 19.2. The normalized spacial score (nSPS) is 16.1. The number of ether oxygens (including phenoxy) is 1. The van der Waals surface area contributed by atoms with Crippen LogP contribution < -0.4 is 10.2 Å². The second-order valence-corrected chi connectivity index (χ2v) is 7.84. The van der Waals surface area contributed by atoms with Crippen molar-refractivity contribution in [3.8, 4) is 0 Å². The van der Waals surface area contributed by atoms with Crippen LogP contribution in [0.4, 0.5) is 0 Å². The molecule has 6 heteroatoms. The summed E-state index contributed by atoms with van der Waals surface area (Å²) in [5.74, 6) is -0.0216. The van der Waals surface area contributed by atoms with E-state index in [2.05, 4.69) is 36.5 Å². The predicted octanol–water partition coefficient (Wildman–Crippen LogP) is 2.62. The number of morpholine rings is 1. The van der Waals surface area contributed by atoms with Crippen LogP contribution in [0.2, 0.25) is 10.0 Å². The molecule has 3 rings (SSSR count). The van der Waals surface area contributed by atoms with Crippen LogP contribution in [0, 0.1) is 6.92 Å². The molecule has 2 aromatic rings. The number of nitrogens with one attached hydrogen (secondary N) is 2. The number of amides is 1. The van der Waals surface area contributed by atoms with E-state index in [0.29, 0.717) is 10.0 Å². The van der Waals surface area contributed by atoms with Gasteiger partial charge in [0.05, 0.1) is 29.7 Å². The monoisotopic (exact) mass is 407 g/mol. The number of quaternary nitrogens is 1. The maximum absolute atomic E-state index is 12.7. The van der Waals surface area contributed by atoms with Crippen molar-refractivity contribution in [2.45, 2.75) is 19.4 Å². The summed E-state index contributed by atoms with van der Waals surface area (Å²) in [5, 5.41) is 4.17. The summed E-state index contributed by atoms with van der Waals surface area (Å²) in [6.07, 6.45) is 0.275. The zero-order valence-corrected chi connectivity index (χ0v) is 16.9. The van der Waals surface area contributed by atoms with Gasteiger partial charge in [0.15, 0.2) is 0 Å². The van der Waals surface area contributed by atoms with Crippen LogP contribution in [0.25, 0.3) is 0 Å². The highest BCUT2D eigenvalue weighted by Gasteiger charge is 2.23. The van der Waals surface area contributed by atoms with Crippen LogP contribution in [0.1, 0.15) is 22.7 Å². The van der Waals surface area contributed by atoms with Gasteiger partial charge in [0, 0.05) is 0 Å². The fourth-order valence-electron chi connectivity index (χ4n) is 3.28. The van der Waals surface area contributed by atoms with E-state index in [1.165, 1.54) is 10.5 Å². The van der Waals surface area contributed by atoms with E-state index in [-0.39, 0.29) is 18.4 Å². The van der Waals surface area contributed by atoms with Crippen molar-refractivity contribution in [1.29, 1.82) is 0 Å². The Morgan fingerprint density at radius 1 is 1.11 bits per heavy atom. The smallest absolute Gasteiger partial charge is 0.225 e. The number of hydrogen-bond donors (Lipinski definition) is 2. The minimum Gasteiger partial charge on any atom is -0.370 e. The molecule has 1 fully saturated rings. The van der Waals surface area contributed by atoms with Crippen molar-refractivity contribution in [2.24, 2.45) is 0 Å². The second-order valence-electron chi connectivity index (χ2n) is 7.02. The molecule has 0 unspecified atom stereocenters. The SMILES string of the molecule is Cc1ccc([C@@H](C[NH+]2CCOCC2)NC(=O)Cc2ccc(Cl)c(Cl)c2)cc1. The van der Waals surface area contributed by atoms with E-state index in [0.717, 1.165) is 44.0 Å². The summed E-state index contributed by atoms with van der Waals surface area (Å²) in [6, 6.07) is 13.6. The Bertz CT molecular complexity index is 774. The number of aryl methyl sites for hydroxylation is 1. The summed E-state index contributed by atoms with van der Waals surface area (Å²) in [5.41, 5.74) is 3.18. The Hall–Kier alpha value is -1.59. The first-order valence-electron chi connectivity index (χ1n) is 9.22. The lowest BCUT2D eigenvalue weighted by Crippen LogP contribution is -3.14. The summed E-state index contributed by atoms with van der Waals surface area (Å²) in [6.45, 7) is 6.38. The molecule has 144 valence electrons. The lowest BCUT2D eigenvalue weighted by molar-refractivity contribution is -0.909. The van der Waals surface area contributed by atoms with Gasteiger partial charge in [-0.3, -0.25) is 4.79 Å². The van der Waals surface area contributed by atoms with Crippen LogP contribution in [-0.4, -0.2) is 38.8 Å². The third-order valence-corrected chi connectivity index (χ3v) is 5.60. The average molecular weight is 408 g/mol. The summed E-state index contributed by atoms with van der Waals surface area (Å²) in [4.78, 5) is 14.1. The van der Waals surface area contributed by atoms with Crippen LogP contribution in [0.3, 0.4) is 0 Å². The van der Waals surface area contributed by atoms with Gasteiger partial charge in [-0.05, 0) is 30.2 Å². The van der Waals surface area contributed by atoms with Crippen molar-refractivity contribution in [1.82, 2.24) is 5.32 Å². The molecule has 1 amide bonds. The van der Waals surface area contributed by atoms with Gasteiger partial charge in [-0.1, -0.05) is 59.1 Å². The molecule has 27 heavy (non-hydrogen) atoms. The van der Waals surface area contributed by atoms with Crippen molar-refractivity contribution in [3.05, 3.63) is 69.2 Å².